The molecule has 2 nitrogen and oxygen atoms in total. The summed E-state index contributed by atoms with van der Waals surface area (Å²) in [5, 5.41) is 9.46. The summed E-state index contributed by atoms with van der Waals surface area (Å²) in [6.45, 7) is 6.01. The second-order valence-electron chi connectivity index (χ2n) is 7.20. The lowest BCUT2D eigenvalue weighted by atomic mass is 9.93. The first-order valence-corrected chi connectivity index (χ1v) is 10.5. The van der Waals surface area contributed by atoms with E-state index in [1.54, 1.807) is 0 Å². The van der Waals surface area contributed by atoms with E-state index in [1.165, 1.54) is 70.6 Å². The summed E-state index contributed by atoms with van der Waals surface area (Å²) in [6, 6.07) is 0. The maximum Gasteiger partial charge on any atom is 0.138 e. The van der Waals surface area contributed by atoms with Crippen LogP contribution in [0.3, 0.4) is 0 Å². The summed E-state index contributed by atoms with van der Waals surface area (Å²) in [7, 11) is 0. The van der Waals surface area contributed by atoms with Gasteiger partial charge in [-0.05, 0) is 25.7 Å². The first-order valence-electron chi connectivity index (χ1n) is 10.5. The number of unbranched alkanes of at least 4 members (excludes halogenated alkanes) is 12. The Balaban J connectivity index is 3.54. The van der Waals surface area contributed by atoms with Crippen molar-refractivity contribution in [3.8, 4) is 0 Å². The topological polar surface area (TPSA) is 37.3 Å². The van der Waals surface area contributed by atoms with Gasteiger partial charge in [0, 0.05) is 12.3 Å². The third-order valence-electron chi connectivity index (χ3n) is 4.91. The Kier molecular flexibility index (Phi) is 18.2. The lowest BCUT2D eigenvalue weighted by molar-refractivity contribution is -0.124. The van der Waals surface area contributed by atoms with E-state index in [0.717, 1.165) is 25.7 Å². The van der Waals surface area contributed by atoms with Crippen molar-refractivity contribution in [3.05, 3.63) is 12.7 Å². The van der Waals surface area contributed by atoms with Crippen molar-refractivity contribution in [2.45, 2.75) is 110 Å². The van der Waals surface area contributed by atoms with E-state index in [1.807, 2.05) is 6.08 Å². The van der Waals surface area contributed by atoms with Crippen molar-refractivity contribution < 1.29 is 9.90 Å². The number of rotatable bonds is 19. The van der Waals surface area contributed by atoms with Gasteiger partial charge in [0.25, 0.3) is 0 Å². The fourth-order valence-electron chi connectivity index (χ4n) is 3.20. The fourth-order valence-corrected chi connectivity index (χ4v) is 3.20. The van der Waals surface area contributed by atoms with E-state index < -0.39 is 0 Å². The van der Waals surface area contributed by atoms with Crippen LogP contribution in [0.25, 0.3) is 0 Å². The molecule has 24 heavy (non-hydrogen) atoms. The minimum Gasteiger partial charge on any atom is -0.396 e. The maximum atomic E-state index is 12.2. The monoisotopic (exact) mass is 338 g/mol. The first-order chi connectivity index (χ1) is 11.8. The highest BCUT2D eigenvalue weighted by Gasteiger charge is 2.16. The van der Waals surface area contributed by atoms with Gasteiger partial charge in [0.2, 0.25) is 0 Å². The van der Waals surface area contributed by atoms with Crippen LogP contribution in [0.1, 0.15) is 110 Å². The second-order valence-corrected chi connectivity index (χ2v) is 7.20. The zero-order chi connectivity index (χ0) is 17.9. The van der Waals surface area contributed by atoms with Crippen molar-refractivity contribution in [3.63, 3.8) is 0 Å². The Morgan fingerprint density at radius 1 is 0.875 bits per heavy atom. The van der Waals surface area contributed by atoms with Crippen LogP contribution in [0.15, 0.2) is 12.7 Å². The molecule has 0 amide bonds. The number of Topliss-reactive ketones (excluding diaryl/α,β-unsaturated/α-hetero) is 1. The molecule has 0 saturated carbocycles. The van der Waals surface area contributed by atoms with Gasteiger partial charge in [0.15, 0.2) is 0 Å². The molecule has 0 fully saturated rings. The number of ketones is 1. The smallest absolute Gasteiger partial charge is 0.138 e. The molecular weight excluding hydrogens is 296 g/mol. The van der Waals surface area contributed by atoms with Crippen molar-refractivity contribution in [2.24, 2.45) is 5.92 Å². The van der Waals surface area contributed by atoms with Gasteiger partial charge in [0.1, 0.15) is 5.78 Å². The number of carbonyl (C=O) groups excluding carboxylic acids is 1. The van der Waals surface area contributed by atoms with Crippen LogP contribution in [0.2, 0.25) is 0 Å². The highest BCUT2D eigenvalue weighted by atomic mass is 16.3. The largest absolute Gasteiger partial charge is 0.396 e. The van der Waals surface area contributed by atoms with Crippen LogP contribution < -0.4 is 0 Å². The van der Waals surface area contributed by atoms with Crippen LogP contribution >= 0.6 is 0 Å². The predicted molar refractivity (Wildman–Crippen MR) is 105 cm³/mol. The van der Waals surface area contributed by atoms with Crippen LogP contribution in [0, 0.1) is 5.92 Å². The van der Waals surface area contributed by atoms with E-state index in [9.17, 15) is 9.90 Å². The molecular formula is C22H42O2. The summed E-state index contributed by atoms with van der Waals surface area (Å²) in [5.41, 5.74) is 0. The average molecular weight is 339 g/mol. The lowest BCUT2D eigenvalue weighted by Crippen LogP contribution is -2.18. The van der Waals surface area contributed by atoms with E-state index in [-0.39, 0.29) is 18.3 Å². The van der Waals surface area contributed by atoms with Gasteiger partial charge in [-0.15, -0.1) is 6.58 Å². The second kappa shape index (κ2) is 18.7. The Bertz CT molecular complexity index is 286. The van der Waals surface area contributed by atoms with Crippen LogP contribution in [0.5, 0.6) is 0 Å². The first kappa shape index (κ1) is 23.4. The predicted octanol–water partition coefficient (Wildman–Crippen LogP) is 6.61. The molecule has 2 heteroatoms. The number of hydrogen-bond acceptors (Lipinski definition) is 2. The Morgan fingerprint density at radius 3 is 2.00 bits per heavy atom. The number of allylic oxidation sites excluding steroid dienone is 1. The standard InChI is InChI=1S/C22H42O2/c1-3-5-7-9-11-13-15-17-19-22(24)21(20-23)18-16-14-12-10-8-6-4-2/h4,21,23H,2-3,5-20H2,1H3. The van der Waals surface area contributed by atoms with Crippen LogP contribution in [0.4, 0.5) is 0 Å². The molecule has 0 heterocycles. The SMILES string of the molecule is C=CCCCCCCCC(CO)C(=O)CCCCCCCCCC. The number of hydrogen-bond donors (Lipinski definition) is 1. The molecule has 1 unspecified atom stereocenters. The zero-order valence-corrected chi connectivity index (χ0v) is 16.2. The molecule has 0 aromatic rings. The molecule has 0 aromatic carbocycles. The van der Waals surface area contributed by atoms with Gasteiger partial charge in [-0.2, -0.15) is 0 Å². The zero-order valence-electron chi connectivity index (χ0n) is 16.2. The Morgan fingerprint density at radius 2 is 1.42 bits per heavy atom. The third-order valence-corrected chi connectivity index (χ3v) is 4.91. The number of aliphatic hydroxyl groups is 1. The van der Waals surface area contributed by atoms with Crippen molar-refractivity contribution in [1.82, 2.24) is 0 Å². The van der Waals surface area contributed by atoms with Crippen LogP contribution in [-0.2, 0) is 4.79 Å². The van der Waals surface area contributed by atoms with E-state index in [2.05, 4.69) is 13.5 Å². The molecule has 0 radical (unpaired) electrons. The Labute approximate surface area is 151 Å². The molecule has 0 bridgehead atoms. The molecule has 0 aliphatic carbocycles. The molecule has 0 aliphatic heterocycles. The van der Waals surface area contributed by atoms with Crippen molar-refractivity contribution >= 4 is 5.78 Å². The van der Waals surface area contributed by atoms with E-state index in [0.29, 0.717) is 6.42 Å². The van der Waals surface area contributed by atoms with Crippen molar-refractivity contribution in [2.75, 3.05) is 6.61 Å². The fraction of sp³-hybridized carbons (Fsp3) is 0.864. The summed E-state index contributed by atoms with van der Waals surface area (Å²) in [6.07, 6.45) is 20.7. The minimum absolute atomic E-state index is 0.0340. The highest BCUT2D eigenvalue weighted by Crippen LogP contribution is 2.16. The molecule has 1 N–H and O–H groups in total. The van der Waals surface area contributed by atoms with Gasteiger partial charge in [-0.1, -0.05) is 83.6 Å². The number of aliphatic hydroxyl groups excluding tert-OH is 1. The van der Waals surface area contributed by atoms with Crippen LogP contribution in [-0.4, -0.2) is 17.5 Å². The summed E-state index contributed by atoms with van der Waals surface area (Å²) < 4.78 is 0. The molecule has 142 valence electrons. The maximum absolute atomic E-state index is 12.2. The average Bonchev–Trinajstić information content (AvgIpc) is 2.59. The Hall–Kier alpha value is -0.630. The summed E-state index contributed by atoms with van der Waals surface area (Å²) in [5.74, 6) is 0.179. The van der Waals surface area contributed by atoms with Gasteiger partial charge in [0.05, 0.1) is 6.61 Å². The normalized spacial score (nSPS) is 12.2. The number of carbonyl (C=O) groups is 1. The molecule has 1 atom stereocenters. The van der Waals surface area contributed by atoms with E-state index >= 15 is 0 Å². The summed E-state index contributed by atoms with van der Waals surface area (Å²) in [4.78, 5) is 12.2. The quantitative estimate of drug-likeness (QED) is 0.212. The summed E-state index contributed by atoms with van der Waals surface area (Å²) >= 11 is 0. The molecule has 0 aliphatic rings. The van der Waals surface area contributed by atoms with Gasteiger partial charge >= 0.3 is 0 Å². The minimum atomic E-state index is -0.109. The molecule has 0 aromatic heterocycles. The van der Waals surface area contributed by atoms with Gasteiger partial charge in [-0.3, -0.25) is 4.79 Å². The molecule has 0 saturated heterocycles. The third kappa shape index (κ3) is 14.9. The lowest BCUT2D eigenvalue weighted by Gasteiger charge is -2.13. The van der Waals surface area contributed by atoms with Crippen molar-refractivity contribution in [1.29, 1.82) is 0 Å². The molecule has 0 spiro atoms. The van der Waals surface area contributed by atoms with E-state index in [4.69, 9.17) is 0 Å². The van der Waals surface area contributed by atoms with Gasteiger partial charge in [-0.25, -0.2) is 0 Å². The highest BCUT2D eigenvalue weighted by molar-refractivity contribution is 5.81. The molecule has 0 rings (SSSR count). The van der Waals surface area contributed by atoms with Gasteiger partial charge < -0.3 is 5.11 Å².